The van der Waals surface area contributed by atoms with Crippen molar-refractivity contribution in [3.05, 3.63) is 6.33 Å². The molecule has 1 amide bonds. The number of piperidine rings is 1. The molecular formula is C15H21BN6O2. The van der Waals surface area contributed by atoms with E-state index in [1.807, 2.05) is 20.8 Å². The first-order valence-electron chi connectivity index (χ1n) is 7.98. The number of rotatable bonds is 1. The summed E-state index contributed by atoms with van der Waals surface area (Å²) in [5.74, 6) is 0.309. The van der Waals surface area contributed by atoms with Crippen LogP contribution in [0.25, 0.3) is 11.0 Å². The Bertz CT molecular complexity index is 769. The Kier molecular flexibility index (Phi) is 4.10. The molecule has 0 unspecified atom stereocenters. The number of likely N-dealkylation sites (tertiary alicyclic amines) is 1. The molecule has 2 aromatic heterocycles. The van der Waals surface area contributed by atoms with Crippen LogP contribution in [0, 0.1) is 0 Å². The van der Waals surface area contributed by atoms with Crippen LogP contribution in [0.2, 0.25) is 0 Å². The summed E-state index contributed by atoms with van der Waals surface area (Å²) in [6.07, 6.45) is 2.81. The quantitative estimate of drug-likeness (QED) is 0.777. The normalized spacial score (nSPS) is 18.8. The highest BCUT2D eigenvalue weighted by Gasteiger charge is 2.30. The Balaban J connectivity index is 1.86. The summed E-state index contributed by atoms with van der Waals surface area (Å²) in [4.78, 5) is 22.2. The van der Waals surface area contributed by atoms with Crippen LogP contribution in [0.5, 0.6) is 0 Å². The van der Waals surface area contributed by atoms with Crippen molar-refractivity contribution in [1.29, 1.82) is 0 Å². The average molecular weight is 328 g/mol. The predicted molar refractivity (Wildman–Crippen MR) is 91.2 cm³/mol. The fraction of sp³-hybridized carbons (Fsp3) is 0.600. The van der Waals surface area contributed by atoms with Crippen LogP contribution in [-0.4, -0.2) is 57.3 Å². The molecule has 2 aromatic rings. The van der Waals surface area contributed by atoms with Gasteiger partial charge in [-0.05, 0) is 33.6 Å². The minimum absolute atomic E-state index is 0.0274. The zero-order chi connectivity index (χ0) is 17.5. The molecule has 1 fully saturated rings. The third kappa shape index (κ3) is 3.15. The van der Waals surface area contributed by atoms with Crippen molar-refractivity contribution in [2.75, 3.05) is 18.8 Å². The smallest absolute Gasteiger partial charge is 0.410 e. The van der Waals surface area contributed by atoms with E-state index in [4.69, 9.17) is 18.3 Å². The van der Waals surface area contributed by atoms with Crippen LogP contribution >= 0.6 is 0 Å². The molecule has 1 saturated heterocycles. The van der Waals surface area contributed by atoms with Gasteiger partial charge in [0.05, 0.1) is 11.4 Å². The average Bonchev–Trinajstić information content (AvgIpc) is 2.84. The highest BCUT2D eigenvalue weighted by molar-refractivity contribution is 6.38. The molecule has 2 radical (unpaired) electrons. The van der Waals surface area contributed by atoms with E-state index in [2.05, 4.69) is 15.1 Å². The largest absolute Gasteiger partial charge is 0.444 e. The molecule has 1 aliphatic heterocycles. The number of anilines is 1. The number of carbonyl (C=O) groups is 1. The van der Waals surface area contributed by atoms with Crippen molar-refractivity contribution < 1.29 is 9.53 Å². The van der Waals surface area contributed by atoms with Crippen LogP contribution in [0.1, 0.15) is 39.7 Å². The third-order valence-corrected chi connectivity index (χ3v) is 3.94. The molecule has 9 heteroatoms. The van der Waals surface area contributed by atoms with Gasteiger partial charge in [-0.3, -0.25) is 0 Å². The third-order valence-electron chi connectivity index (χ3n) is 3.94. The first-order valence-corrected chi connectivity index (χ1v) is 7.98. The highest BCUT2D eigenvalue weighted by atomic mass is 16.6. The van der Waals surface area contributed by atoms with Crippen molar-refractivity contribution in [2.45, 2.75) is 45.3 Å². The Hall–Kier alpha value is -2.32. The van der Waals surface area contributed by atoms with E-state index >= 15 is 0 Å². The maximum absolute atomic E-state index is 12.3. The summed E-state index contributed by atoms with van der Waals surface area (Å²) >= 11 is 0. The first-order chi connectivity index (χ1) is 11.3. The van der Waals surface area contributed by atoms with Gasteiger partial charge < -0.3 is 15.4 Å². The van der Waals surface area contributed by atoms with Gasteiger partial charge in [-0.15, -0.1) is 0 Å². The molecule has 8 nitrogen and oxygen atoms in total. The first kappa shape index (κ1) is 16.5. The predicted octanol–water partition coefficient (Wildman–Crippen LogP) is 0.774. The van der Waals surface area contributed by atoms with Crippen molar-refractivity contribution >= 4 is 36.4 Å². The van der Waals surface area contributed by atoms with Gasteiger partial charge in [-0.1, -0.05) is 0 Å². The van der Waals surface area contributed by atoms with Crippen LogP contribution < -0.4 is 11.3 Å². The van der Waals surface area contributed by atoms with Gasteiger partial charge in [0, 0.05) is 18.7 Å². The van der Waals surface area contributed by atoms with E-state index in [9.17, 15) is 4.79 Å². The van der Waals surface area contributed by atoms with Crippen LogP contribution in [0.15, 0.2) is 6.33 Å². The number of amides is 1. The fourth-order valence-electron chi connectivity index (χ4n) is 2.92. The van der Waals surface area contributed by atoms with Crippen LogP contribution in [0.3, 0.4) is 0 Å². The number of carbonyl (C=O) groups excluding carboxylic acids is 1. The van der Waals surface area contributed by atoms with Crippen molar-refractivity contribution in [3.63, 3.8) is 0 Å². The van der Waals surface area contributed by atoms with Gasteiger partial charge >= 0.3 is 6.09 Å². The van der Waals surface area contributed by atoms with E-state index in [1.165, 1.54) is 6.33 Å². The second-order valence-corrected chi connectivity index (χ2v) is 7.01. The van der Waals surface area contributed by atoms with Gasteiger partial charge in [-0.25, -0.2) is 19.4 Å². The number of nitrogens with zero attached hydrogens (tertiary/aromatic N) is 5. The number of nitrogens with two attached hydrogens (primary N) is 1. The van der Waals surface area contributed by atoms with E-state index in [-0.39, 0.29) is 12.1 Å². The van der Waals surface area contributed by atoms with Crippen molar-refractivity contribution in [3.8, 4) is 0 Å². The van der Waals surface area contributed by atoms with Crippen molar-refractivity contribution in [1.82, 2.24) is 24.6 Å². The van der Waals surface area contributed by atoms with Gasteiger partial charge in [0.2, 0.25) is 0 Å². The highest BCUT2D eigenvalue weighted by Crippen LogP contribution is 2.26. The maximum atomic E-state index is 12.3. The lowest BCUT2D eigenvalue weighted by Crippen LogP contribution is -2.43. The van der Waals surface area contributed by atoms with Gasteiger partial charge in [0.15, 0.2) is 5.65 Å². The van der Waals surface area contributed by atoms with E-state index < -0.39 is 5.60 Å². The number of ether oxygens (including phenoxy) is 1. The van der Waals surface area contributed by atoms with Gasteiger partial charge in [0.1, 0.15) is 25.6 Å². The van der Waals surface area contributed by atoms with Crippen molar-refractivity contribution in [2.24, 2.45) is 0 Å². The molecule has 0 aromatic carbocycles. The summed E-state index contributed by atoms with van der Waals surface area (Å²) in [5.41, 5.74) is 6.25. The summed E-state index contributed by atoms with van der Waals surface area (Å²) < 4.78 is 7.21. The molecule has 2 N–H and O–H groups in total. The minimum atomic E-state index is -0.519. The number of aromatic nitrogens is 4. The number of hydrogen-bond acceptors (Lipinski definition) is 6. The fourth-order valence-corrected chi connectivity index (χ4v) is 2.92. The van der Waals surface area contributed by atoms with Crippen LogP contribution in [-0.2, 0) is 4.74 Å². The monoisotopic (exact) mass is 328 g/mol. The molecular weight excluding hydrogens is 307 g/mol. The minimum Gasteiger partial charge on any atom is -0.444 e. The molecule has 1 aliphatic rings. The number of fused-ring (bicyclic) bond motifs is 1. The standard InChI is InChI=1S/C15H21BN6O2/c1-15(2,3)24-14(23)21-6-4-5-9(7-21)22-13-10(11(16)20-22)12(17)18-8-19-13/h8-9H,4-7H2,1-3H3,(H2,17,18,19)/t9-/m1/s1. The van der Waals surface area contributed by atoms with Gasteiger partial charge in [-0.2, -0.15) is 5.10 Å². The van der Waals surface area contributed by atoms with E-state index in [0.717, 1.165) is 12.8 Å². The molecule has 126 valence electrons. The number of hydrogen-bond donors (Lipinski definition) is 1. The van der Waals surface area contributed by atoms with E-state index in [0.29, 0.717) is 35.5 Å². The summed E-state index contributed by atoms with van der Waals surface area (Å²) in [7, 11) is 5.97. The second-order valence-electron chi connectivity index (χ2n) is 7.01. The number of nitrogen functional groups attached to an aromatic ring is 1. The molecule has 3 rings (SSSR count). The van der Waals surface area contributed by atoms with Gasteiger partial charge in [0.25, 0.3) is 0 Å². The second kappa shape index (κ2) is 5.96. The zero-order valence-electron chi connectivity index (χ0n) is 14.2. The molecule has 0 spiro atoms. The van der Waals surface area contributed by atoms with Crippen LogP contribution in [0.4, 0.5) is 10.6 Å². The molecule has 3 heterocycles. The lowest BCUT2D eigenvalue weighted by atomic mass is 10.0. The molecule has 0 bridgehead atoms. The van der Waals surface area contributed by atoms with E-state index in [1.54, 1.807) is 9.58 Å². The Morgan fingerprint density at radius 1 is 1.42 bits per heavy atom. The molecule has 1 atom stereocenters. The lowest BCUT2D eigenvalue weighted by Gasteiger charge is -2.34. The maximum Gasteiger partial charge on any atom is 0.410 e. The molecule has 24 heavy (non-hydrogen) atoms. The Morgan fingerprint density at radius 2 is 2.17 bits per heavy atom. The Morgan fingerprint density at radius 3 is 2.88 bits per heavy atom. The summed E-state index contributed by atoms with van der Waals surface area (Å²) in [6.45, 7) is 6.72. The topological polar surface area (TPSA) is 99.2 Å². The summed E-state index contributed by atoms with van der Waals surface area (Å²) in [6, 6.07) is -0.0274. The zero-order valence-corrected chi connectivity index (χ0v) is 14.2. The molecule has 0 aliphatic carbocycles. The SMILES string of the molecule is [B]c1nn([C@@H]2CCCN(C(=O)OC(C)(C)C)C2)c2ncnc(N)c12. The lowest BCUT2D eigenvalue weighted by molar-refractivity contribution is 0.0169. The Labute approximate surface area is 141 Å². The molecule has 0 saturated carbocycles. The summed E-state index contributed by atoms with van der Waals surface area (Å²) in [5, 5.41) is 4.94.